The van der Waals surface area contributed by atoms with Gasteiger partial charge < -0.3 is 15.4 Å². The average Bonchev–Trinajstić information content (AvgIpc) is 3.60. The van der Waals surface area contributed by atoms with E-state index >= 15 is 0 Å². The zero-order chi connectivity index (χ0) is 25.8. The van der Waals surface area contributed by atoms with Gasteiger partial charge in [-0.05, 0) is 48.6 Å². The second-order valence-corrected chi connectivity index (χ2v) is 10.9. The molecule has 0 radical (unpaired) electrons. The fraction of sp³-hybridized carbons (Fsp3) is 0.414. The lowest BCUT2D eigenvalue weighted by atomic mass is 9.83. The molecule has 0 unspecified atom stereocenters. The number of carbonyl (C=O) groups is 2. The molecule has 1 aliphatic heterocycles. The number of amides is 1. The van der Waals surface area contributed by atoms with Gasteiger partial charge in [-0.15, -0.1) is 11.3 Å². The molecule has 3 atom stereocenters. The quantitative estimate of drug-likeness (QED) is 0.408. The molecule has 8 heteroatoms. The highest BCUT2D eigenvalue weighted by Gasteiger charge is 2.41. The average molecular weight is 522 g/mol. The van der Waals surface area contributed by atoms with Crippen LogP contribution in [0.15, 0.2) is 60.0 Å². The highest BCUT2D eigenvalue weighted by molar-refractivity contribution is 7.10. The summed E-state index contributed by atoms with van der Waals surface area (Å²) >= 11 is 1.36. The number of hydrogen-bond acceptors (Lipinski definition) is 6. The third-order valence-corrected chi connectivity index (χ3v) is 8.41. The normalized spacial score (nSPS) is 21.2. The Morgan fingerprint density at radius 2 is 1.81 bits per heavy atom. The van der Waals surface area contributed by atoms with Crippen LogP contribution in [0.2, 0.25) is 0 Å². The Hall–Kier alpha value is -2.94. The van der Waals surface area contributed by atoms with Crippen LogP contribution in [0, 0.1) is 11.7 Å². The minimum Gasteiger partial charge on any atom is -0.372 e. The number of benzene rings is 2. The van der Waals surface area contributed by atoms with E-state index in [0.717, 1.165) is 31.2 Å². The Morgan fingerprint density at radius 3 is 2.54 bits per heavy atom. The Labute approximate surface area is 220 Å². The Kier molecular flexibility index (Phi) is 8.08. The summed E-state index contributed by atoms with van der Waals surface area (Å²) in [6.45, 7) is 0.901. The van der Waals surface area contributed by atoms with Gasteiger partial charge in [0, 0.05) is 23.9 Å². The molecule has 0 bridgehead atoms. The number of nitrogens with zero attached hydrogens (tertiary/aromatic N) is 2. The molecule has 2 heterocycles. The molecule has 2 aromatic carbocycles. The number of likely N-dealkylation sites (tertiary alicyclic amines) is 1. The van der Waals surface area contributed by atoms with E-state index in [4.69, 9.17) is 10.5 Å². The number of aromatic nitrogens is 1. The van der Waals surface area contributed by atoms with Gasteiger partial charge in [0.05, 0.1) is 24.8 Å². The molecular weight excluding hydrogens is 489 g/mol. The smallest absolute Gasteiger partial charge is 0.240 e. The first-order chi connectivity index (χ1) is 18.0. The molecule has 1 saturated heterocycles. The summed E-state index contributed by atoms with van der Waals surface area (Å²) in [6.07, 6.45) is 5.81. The topological polar surface area (TPSA) is 85.5 Å². The van der Waals surface area contributed by atoms with Crippen molar-refractivity contribution in [1.29, 1.82) is 0 Å². The standard InChI is InChI=1S/C29H32FN3O3S/c30-22-13-11-21(12-14-22)27(34)24-18-37-28(32-24)25-15-23(36-17-19-7-3-1-4-8-19)16-33(25)29(35)26(31)20-9-5-2-6-10-20/h1,3-4,7-8,11-14,18,20,23,25-26H,2,5-6,9-10,15-17,31H2/t23-,25+,26+/m1/s1. The van der Waals surface area contributed by atoms with E-state index in [2.05, 4.69) is 4.98 Å². The van der Waals surface area contributed by atoms with Crippen LogP contribution in [0.3, 0.4) is 0 Å². The zero-order valence-corrected chi connectivity index (χ0v) is 21.5. The van der Waals surface area contributed by atoms with E-state index in [0.29, 0.717) is 35.8 Å². The fourth-order valence-electron chi connectivity index (χ4n) is 5.36. The number of rotatable bonds is 8. The van der Waals surface area contributed by atoms with Crippen LogP contribution < -0.4 is 5.73 Å². The van der Waals surface area contributed by atoms with Crippen LogP contribution in [0.4, 0.5) is 4.39 Å². The van der Waals surface area contributed by atoms with Crippen LogP contribution in [0.5, 0.6) is 0 Å². The summed E-state index contributed by atoms with van der Waals surface area (Å²) < 4.78 is 19.5. The molecule has 1 amide bonds. The van der Waals surface area contributed by atoms with Crippen LogP contribution in [-0.4, -0.2) is 40.3 Å². The molecule has 5 rings (SSSR count). The van der Waals surface area contributed by atoms with Crippen LogP contribution >= 0.6 is 11.3 Å². The SMILES string of the molecule is N[C@H](C(=O)N1C[C@H](OCc2ccccc2)C[C@H]1c1nc(C(=O)c2ccc(F)cc2)cs1)C1CCCCC1. The maximum atomic E-state index is 13.7. The molecule has 2 aliphatic rings. The second-order valence-electron chi connectivity index (χ2n) is 9.99. The van der Waals surface area contributed by atoms with Gasteiger partial charge in [-0.25, -0.2) is 9.37 Å². The highest BCUT2D eigenvalue weighted by Crippen LogP contribution is 2.37. The van der Waals surface area contributed by atoms with Crippen molar-refractivity contribution in [3.63, 3.8) is 0 Å². The van der Waals surface area contributed by atoms with Gasteiger partial charge in [0.1, 0.15) is 16.5 Å². The van der Waals surface area contributed by atoms with Crippen LogP contribution in [0.1, 0.15) is 71.2 Å². The van der Waals surface area contributed by atoms with Crippen molar-refractivity contribution in [3.05, 3.63) is 87.6 Å². The van der Waals surface area contributed by atoms with Crippen LogP contribution in [-0.2, 0) is 16.1 Å². The number of halogens is 1. The maximum Gasteiger partial charge on any atom is 0.240 e. The van der Waals surface area contributed by atoms with Gasteiger partial charge in [-0.3, -0.25) is 9.59 Å². The largest absolute Gasteiger partial charge is 0.372 e. The first-order valence-electron chi connectivity index (χ1n) is 13.0. The molecule has 0 spiro atoms. The van der Waals surface area contributed by atoms with Crippen molar-refractivity contribution in [2.24, 2.45) is 11.7 Å². The third kappa shape index (κ3) is 5.98. The van der Waals surface area contributed by atoms with E-state index in [-0.39, 0.29) is 29.8 Å². The predicted octanol–water partition coefficient (Wildman–Crippen LogP) is 5.28. The Bertz CT molecular complexity index is 1210. The minimum atomic E-state index is -0.545. The van der Waals surface area contributed by atoms with E-state index in [9.17, 15) is 14.0 Å². The van der Waals surface area contributed by atoms with Crippen LogP contribution in [0.25, 0.3) is 0 Å². The molecule has 1 saturated carbocycles. The summed E-state index contributed by atoms with van der Waals surface area (Å²) in [6, 6.07) is 14.5. The monoisotopic (exact) mass is 521 g/mol. The van der Waals surface area contributed by atoms with Gasteiger partial charge in [0.15, 0.2) is 0 Å². The van der Waals surface area contributed by atoms with Crippen molar-refractivity contribution < 1.29 is 18.7 Å². The first-order valence-corrected chi connectivity index (χ1v) is 13.8. The van der Waals surface area contributed by atoms with Crippen molar-refractivity contribution in [2.45, 2.75) is 63.3 Å². The third-order valence-electron chi connectivity index (χ3n) is 7.46. The lowest BCUT2D eigenvalue weighted by molar-refractivity contribution is -0.135. The molecule has 2 fully saturated rings. The fourth-order valence-corrected chi connectivity index (χ4v) is 6.29. The molecular formula is C29H32FN3O3S. The maximum absolute atomic E-state index is 13.7. The number of ketones is 1. The lowest BCUT2D eigenvalue weighted by Gasteiger charge is -2.32. The summed E-state index contributed by atoms with van der Waals surface area (Å²) in [5, 5.41) is 2.41. The Morgan fingerprint density at radius 1 is 1.08 bits per heavy atom. The number of thiazole rings is 1. The molecule has 1 aliphatic carbocycles. The van der Waals surface area contributed by atoms with Crippen molar-refractivity contribution >= 4 is 23.0 Å². The predicted molar refractivity (Wildman–Crippen MR) is 141 cm³/mol. The number of hydrogen-bond donors (Lipinski definition) is 1. The molecule has 2 N–H and O–H groups in total. The zero-order valence-electron chi connectivity index (χ0n) is 20.7. The summed E-state index contributed by atoms with van der Waals surface area (Å²) in [5.41, 5.74) is 8.28. The van der Waals surface area contributed by atoms with E-state index in [1.165, 1.54) is 42.0 Å². The van der Waals surface area contributed by atoms with E-state index in [1.807, 2.05) is 35.2 Å². The molecule has 6 nitrogen and oxygen atoms in total. The van der Waals surface area contributed by atoms with Crippen molar-refractivity contribution in [2.75, 3.05) is 6.54 Å². The number of ether oxygens (including phenoxy) is 1. The summed E-state index contributed by atoms with van der Waals surface area (Å²) in [4.78, 5) is 33.1. The van der Waals surface area contributed by atoms with Gasteiger partial charge in [0.2, 0.25) is 11.7 Å². The van der Waals surface area contributed by atoms with Crippen molar-refractivity contribution in [3.8, 4) is 0 Å². The van der Waals surface area contributed by atoms with Gasteiger partial charge in [-0.2, -0.15) is 0 Å². The van der Waals surface area contributed by atoms with Crippen molar-refractivity contribution in [1.82, 2.24) is 9.88 Å². The lowest BCUT2D eigenvalue weighted by Crippen LogP contribution is -2.48. The summed E-state index contributed by atoms with van der Waals surface area (Å²) in [5.74, 6) is -0.539. The molecule has 37 heavy (non-hydrogen) atoms. The molecule has 194 valence electrons. The van der Waals surface area contributed by atoms with Gasteiger partial charge in [-0.1, -0.05) is 49.6 Å². The molecule has 3 aromatic rings. The van der Waals surface area contributed by atoms with Gasteiger partial charge >= 0.3 is 0 Å². The van der Waals surface area contributed by atoms with Gasteiger partial charge in [0.25, 0.3) is 0 Å². The highest BCUT2D eigenvalue weighted by atomic mass is 32.1. The minimum absolute atomic E-state index is 0.0654. The number of nitrogens with two attached hydrogens (primary N) is 1. The Balaban J connectivity index is 1.35. The number of carbonyl (C=O) groups excluding carboxylic acids is 2. The van der Waals surface area contributed by atoms with E-state index in [1.54, 1.807) is 5.38 Å². The molecule has 1 aromatic heterocycles. The first kappa shape index (κ1) is 25.7. The summed E-state index contributed by atoms with van der Waals surface area (Å²) in [7, 11) is 0. The second kappa shape index (κ2) is 11.6. The van der Waals surface area contributed by atoms with E-state index < -0.39 is 11.9 Å².